The summed E-state index contributed by atoms with van der Waals surface area (Å²) in [5, 5.41) is 3.79. The van der Waals surface area contributed by atoms with Crippen LogP contribution in [0.25, 0.3) is 0 Å². The highest BCUT2D eigenvalue weighted by Gasteiger charge is 2.24. The van der Waals surface area contributed by atoms with Gasteiger partial charge in [0.1, 0.15) is 0 Å². The topological polar surface area (TPSA) is 29.9 Å². The van der Waals surface area contributed by atoms with Crippen LogP contribution < -0.4 is 5.32 Å². The Bertz CT molecular complexity index is 557. The van der Waals surface area contributed by atoms with Gasteiger partial charge in [0.15, 0.2) is 0 Å². The zero-order chi connectivity index (χ0) is 14.7. The summed E-state index contributed by atoms with van der Waals surface area (Å²) in [4.78, 5) is 4.48. The molecular weight excluding hydrogens is 258 g/mol. The highest BCUT2D eigenvalue weighted by Crippen LogP contribution is 2.35. The molecule has 0 aliphatic heterocycles. The van der Waals surface area contributed by atoms with Crippen molar-refractivity contribution in [3.05, 3.63) is 54.1 Å². The van der Waals surface area contributed by atoms with Crippen molar-refractivity contribution >= 4 is 0 Å². The highest BCUT2D eigenvalue weighted by molar-refractivity contribution is 5.20. The van der Waals surface area contributed by atoms with Gasteiger partial charge in [0.2, 0.25) is 0 Å². The van der Waals surface area contributed by atoms with Crippen LogP contribution in [0.5, 0.6) is 0 Å². The standard InChI is InChI=1S/C18H25N3/c1-14(18-12-21(2)13-19-18)20-17(11-15-7-6-8-15)16-9-4-3-5-10-16/h3-5,9-10,12-15,17,20H,6-8,11H2,1-2H3. The molecule has 1 saturated carbocycles. The van der Waals surface area contributed by atoms with Crippen molar-refractivity contribution in [2.45, 2.75) is 44.7 Å². The monoisotopic (exact) mass is 283 g/mol. The van der Waals surface area contributed by atoms with Crippen molar-refractivity contribution in [3.63, 3.8) is 0 Å². The van der Waals surface area contributed by atoms with Crippen LogP contribution in [0.15, 0.2) is 42.9 Å². The molecule has 1 fully saturated rings. The van der Waals surface area contributed by atoms with E-state index >= 15 is 0 Å². The van der Waals surface area contributed by atoms with Crippen LogP contribution in [-0.4, -0.2) is 9.55 Å². The summed E-state index contributed by atoms with van der Waals surface area (Å²) in [5.41, 5.74) is 2.51. The van der Waals surface area contributed by atoms with E-state index in [9.17, 15) is 0 Å². The lowest BCUT2D eigenvalue weighted by molar-refractivity contribution is 0.253. The Hall–Kier alpha value is -1.61. The predicted octanol–water partition coefficient (Wildman–Crippen LogP) is 4.00. The summed E-state index contributed by atoms with van der Waals surface area (Å²) in [6.07, 6.45) is 9.40. The summed E-state index contributed by atoms with van der Waals surface area (Å²) in [6.45, 7) is 2.21. The number of rotatable bonds is 6. The van der Waals surface area contributed by atoms with E-state index < -0.39 is 0 Å². The average Bonchev–Trinajstić information content (AvgIpc) is 2.89. The second-order valence-corrected chi connectivity index (χ2v) is 6.35. The first-order valence-electron chi connectivity index (χ1n) is 8.01. The predicted molar refractivity (Wildman–Crippen MR) is 85.9 cm³/mol. The molecule has 3 heteroatoms. The van der Waals surface area contributed by atoms with Crippen LogP contribution in [0.4, 0.5) is 0 Å². The average molecular weight is 283 g/mol. The molecule has 112 valence electrons. The number of nitrogens with one attached hydrogen (secondary N) is 1. The number of imidazole rings is 1. The molecular formula is C18H25N3. The fourth-order valence-electron chi connectivity index (χ4n) is 3.09. The highest BCUT2D eigenvalue weighted by atomic mass is 15.0. The van der Waals surface area contributed by atoms with Crippen molar-refractivity contribution in [2.75, 3.05) is 0 Å². The lowest BCUT2D eigenvalue weighted by Gasteiger charge is -2.32. The summed E-state index contributed by atoms with van der Waals surface area (Å²) in [5.74, 6) is 0.888. The van der Waals surface area contributed by atoms with E-state index in [4.69, 9.17) is 0 Å². The molecule has 0 saturated heterocycles. The normalized spacial score (nSPS) is 18.2. The Balaban J connectivity index is 1.72. The van der Waals surface area contributed by atoms with Gasteiger partial charge in [-0.1, -0.05) is 49.6 Å². The molecule has 3 nitrogen and oxygen atoms in total. The molecule has 1 aliphatic rings. The van der Waals surface area contributed by atoms with Crippen LogP contribution in [0, 0.1) is 5.92 Å². The van der Waals surface area contributed by atoms with Crippen molar-refractivity contribution in [3.8, 4) is 0 Å². The SMILES string of the molecule is CC(NC(CC1CCC1)c1ccccc1)c1cn(C)cn1. The van der Waals surface area contributed by atoms with E-state index in [1.54, 1.807) is 0 Å². The summed E-state index contributed by atoms with van der Waals surface area (Å²) >= 11 is 0. The molecule has 3 rings (SSSR count). The van der Waals surface area contributed by atoms with E-state index in [1.807, 2.05) is 17.9 Å². The van der Waals surface area contributed by atoms with E-state index in [-0.39, 0.29) is 6.04 Å². The van der Waals surface area contributed by atoms with E-state index in [2.05, 4.69) is 53.8 Å². The van der Waals surface area contributed by atoms with E-state index in [0.717, 1.165) is 11.6 Å². The quantitative estimate of drug-likeness (QED) is 0.868. The maximum atomic E-state index is 4.48. The summed E-state index contributed by atoms with van der Waals surface area (Å²) in [6, 6.07) is 11.5. The number of hydrogen-bond acceptors (Lipinski definition) is 2. The van der Waals surface area contributed by atoms with Crippen LogP contribution >= 0.6 is 0 Å². The second-order valence-electron chi connectivity index (χ2n) is 6.35. The molecule has 2 aromatic rings. The van der Waals surface area contributed by atoms with Gasteiger partial charge in [0, 0.05) is 25.3 Å². The van der Waals surface area contributed by atoms with E-state index in [0.29, 0.717) is 6.04 Å². The molecule has 0 amide bonds. The van der Waals surface area contributed by atoms with Gasteiger partial charge >= 0.3 is 0 Å². The van der Waals surface area contributed by atoms with E-state index in [1.165, 1.54) is 31.2 Å². The van der Waals surface area contributed by atoms with Crippen molar-refractivity contribution < 1.29 is 0 Å². The largest absolute Gasteiger partial charge is 0.340 e. The lowest BCUT2D eigenvalue weighted by atomic mass is 9.79. The zero-order valence-electron chi connectivity index (χ0n) is 13.0. The summed E-state index contributed by atoms with van der Waals surface area (Å²) < 4.78 is 2.01. The Morgan fingerprint density at radius 1 is 1.29 bits per heavy atom. The Kier molecular flexibility index (Phi) is 4.39. The van der Waals surface area contributed by atoms with Crippen molar-refractivity contribution in [2.24, 2.45) is 13.0 Å². The molecule has 2 atom stereocenters. The second kappa shape index (κ2) is 6.44. The lowest BCUT2D eigenvalue weighted by Crippen LogP contribution is -2.28. The van der Waals surface area contributed by atoms with Crippen LogP contribution in [-0.2, 0) is 7.05 Å². The van der Waals surface area contributed by atoms with Gasteiger partial charge in [-0.15, -0.1) is 0 Å². The smallest absolute Gasteiger partial charge is 0.0947 e. The Morgan fingerprint density at radius 2 is 2.05 bits per heavy atom. The third-order valence-electron chi connectivity index (χ3n) is 4.62. The molecule has 1 heterocycles. The van der Waals surface area contributed by atoms with Crippen molar-refractivity contribution in [1.82, 2.24) is 14.9 Å². The molecule has 1 aromatic heterocycles. The maximum absolute atomic E-state index is 4.48. The van der Waals surface area contributed by atoms with Gasteiger partial charge in [-0.05, 0) is 24.8 Å². The molecule has 1 aliphatic carbocycles. The molecule has 1 N–H and O–H groups in total. The van der Waals surface area contributed by atoms with Gasteiger partial charge < -0.3 is 9.88 Å². The van der Waals surface area contributed by atoms with Crippen molar-refractivity contribution in [1.29, 1.82) is 0 Å². The first-order chi connectivity index (χ1) is 10.2. The zero-order valence-corrected chi connectivity index (χ0v) is 13.0. The van der Waals surface area contributed by atoms with Gasteiger partial charge in [-0.25, -0.2) is 4.98 Å². The van der Waals surface area contributed by atoms with Crippen LogP contribution in [0.3, 0.4) is 0 Å². The minimum Gasteiger partial charge on any atom is -0.340 e. The van der Waals surface area contributed by atoms with Gasteiger partial charge in [0.05, 0.1) is 12.0 Å². The molecule has 0 radical (unpaired) electrons. The minimum absolute atomic E-state index is 0.275. The molecule has 2 unspecified atom stereocenters. The van der Waals surface area contributed by atoms with Crippen LogP contribution in [0.2, 0.25) is 0 Å². The van der Waals surface area contributed by atoms with Crippen LogP contribution in [0.1, 0.15) is 55.9 Å². The molecule has 0 bridgehead atoms. The number of aromatic nitrogens is 2. The molecule has 0 spiro atoms. The minimum atomic E-state index is 0.275. The number of aryl methyl sites for hydroxylation is 1. The fraction of sp³-hybridized carbons (Fsp3) is 0.500. The number of nitrogens with zero attached hydrogens (tertiary/aromatic N) is 2. The molecule has 21 heavy (non-hydrogen) atoms. The maximum Gasteiger partial charge on any atom is 0.0947 e. The first-order valence-corrected chi connectivity index (χ1v) is 8.01. The Morgan fingerprint density at radius 3 is 2.62 bits per heavy atom. The van der Waals surface area contributed by atoms with Gasteiger partial charge in [0.25, 0.3) is 0 Å². The third kappa shape index (κ3) is 3.53. The summed E-state index contributed by atoms with van der Waals surface area (Å²) in [7, 11) is 2.02. The van der Waals surface area contributed by atoms with Gasteiger partial charge in [-0.3, -0.25) is 0 Å². The third-order valence-corrected chi connectivity index (χ3v) is 4.62. The Labute approximate surface area is 127 Å². The first kappa shape index (κ1) is 14.3. The molecule has 1 aromatic carbocycles. The number of hydrogen-bond donors (Lipinski definition) is 1. The number of benzene rings is 1. The van der Waals surface area contributed by atoms with Gasteiger partial charge in [-0.2, -0.15) is 0 Å². The fourth-order valence-corrected chi connectivity index (χ4v) is 3.09.